The maximum atomic E-state index is 13.1. The Morgan fingerprint density at radius 2 is 2.04 bits per heavy atom. The number of nitrogens with zero attached hydrogens (tertiary/aromatic N) is 3. The summed E-state index contributed by atoms with van der Waals surface area (Å²) in [6, 6.07) is 12.9. The topological polar surface area (TPSA) is 36.4 Å². The number of piperidine rings is 1. The summed E-state index contributed by atoms with van der Waals surface area (Å²) in [6.45, 7) is 4.01. The van der Waals surface area contributed by atoms with Crippen LogP contribution in [0.3, 0.4) is 0 Å². The van der Waals surface area contributed by atoms with Crippen molar-refractivity contribution in [2.24, 2.45) is 0 Å². The number of hydrogen-bond acceptors (Lipinski definition) is 3. The summed E-state index contributed by atoms with van der Waals surface area (Å²) >= 11 is 0. The van der Waals surface area contributed by atoms with Crippen molar-refractivity contribution < 1.29 is 4.79 Å². The average Bonchev–Trinajstić information content (AvgIpc) is 2.73. The first kappa shape index (κ1) is 17.1. The first-order valence-electron chi connectivity index (χ1n) is 9.90. The summed E-state index contributed by atoms with van der Waals surface area (Å²) in [7, 11) is 0. The van der Waals surface area contributed by atoms with E-state index in [9.17, 15) is 4.79 Å². The molecule has 2 aliphatic rings. The maximum Gasteiger partial charge on any atom is 0.272 e. The number of rotatable bonds is 3. The minimum Gasteiger partial charge on any atom is -0.341 e. The third-order valence-electron chi connectivity index (χ3n) is 5.74. The van der Waals surface area contributed by atoms with Gasteiger partial charge in [-0.2, -0.15) is 0 Å². The third kappa shape index (κ3) is 3.20. The van der Waals surface area contributed by atoms with Gasteiger partial charge in [0.1, 0.15) is 5.69 Å². The van der Waals surface area contributed by atoms with Crippen LogP contribution in [0.15, 0.2) is 42.6 Å². The van der Waals surface area contributed by atoms with Crippen LogP contribution in [-0.2, 0) is 6.42 Å². The second-order valence-corrected chi connectivity index (χ2v) is 7.34. The van der Waals surface area contributed by atoms with E-state index in [2.05, 4.69) is 41.1 Å². The molecule has 1 saturated heterocycles. The molecule has 0 N–H and O–H groups in total. The Morgan fingerprint density at radius 3 is 2.92 bits per heavy atom. The van der Waals surface area contributed by atoms with E-state index < -0.39 is 0 Å². The molecule has 136 valence electrons. The summed E-state index contributed by atoms with van der Waals surface area (Å²) in [4.78, 5) is 21.9. The Kier molecular flexibility index (Phi) is 4.91. The fraction of sp³-hybridized carbons (Fsp3) is 0.455. The number of carbonyl (C=O) groups is 1. The highest BCUT2D eigenvalue weighted by Crippen LogP contribution is 2.33. The van der Waals surface area contributed by atoms with E-state index >= 15 is 0 Å². The molecule has 2 aliphatic heterocycles. The van der Waals surface area contributed by atoms with Crippen molar-refractivity contribution in [3.8, 4) is 0 Å². The van der Waals surface area contributed by atoms with Crippen LogP contribution in [0.25, 0.3) is 0 Å². The van der Waals surface area contributed by atoms with Gasteiger partial charge in [0, 0.05) is 36.7 Å². The van der Waals surface area contributed by atoms with Crippen molar-refractivity contribution in [3.05, 3.63) is 53.9 Å². The Labute approximate surface area is 155 Å². The van der Waals surface area contributed by atoms with Gasteiger partial charge >= 0.3 is 0 Å². The Bertz CT molecular complexity index is 788. The smallest absolute Gasteiger partial charge is 0.272 e. The lowest BCUT2D eigenvalue weighted by atomic mass is 9.99. The number of benzene rings is 1. The van der Waals surface area contributed by atoms with E-state index in [1.807, 2.05) is 17.0 Å². The SMILES string of the molecule is CCC1CCCCN1C(=O)c1cc(N2CCCc3ccccc32)ccn1. The molecular weight excluding hydrogens is 322 g/mol. The zero-order chi connectivity index (χ0) is 17.9. The molecular formula is C22H27N3O. The molecule has 4 rings (SSSR count). The number of fused-ring (bicyclic) bond motifs is 1. The van der Waals surface area contributed by atoms with E-state index in [1.54, 1.807) is 6.20 Å². The van der Waals surface area contributed by atoms with Crippen molar-refractivity contribution in [2.75, 3.05) is 18.0 Å². The fourth-order valence-corrected chi connectivity index (χ4v) is 4.35. The highest BCUT2D eigenvalue weighted by Gasteiger charge is 2.27. The Morgan fingerprint density at radius 1 is 1.15 bits per heavy atom. The monoisotopic (exact) mass is 349 g/mol. The van der Waals surface area contributed by atoms with E-state index in [1.165, 1.54) is 17.7 Å². The lowest BCUT2D eigenvalue weighted by Gasteiger charge is -2.35. The summed E-state index contributed by atoms with van der Waals surface area (Å²) < 4.78 is 0. The van der Waals surface area contributed by atoms with Gasteiger partial charge < -0.3 is 9.80 Å². The van der Waals surface area contributed by atoms with Crippen molar-refractivity contribution in [1.29, 1.82) is 0 Å². The molecule has 1 fully saturated rings. The summed E-state index contributed by atoms with van der Waals surface area (Å²) in [5.41, 5.74) is 4.28. The summed E-state index contributed by atoms with van der Waals surface area (Å²) in [6.07, 6.45) is 8.49. The van der Waals surface area contributed by atoms with Gasteiger partial charge in [-0.05, 0) is 62.3 Å². The Balaban J connectivity index is 1.62. The number of para-hydroxylation sites is 1. The molecule has 2 aromatic rings. The molecule has 0 aliphatic carbocycles. The van der Waals surface area contributed by atoms with Crippen LogP contribution in [0, 0.1) is 0 Å². The van der Waals surface area contributed by atoms with Crippen LogP contribution in [0.1, 0.15) is 55.1 Å². The molecule has 0 radical (unpaired) electrons. The van der Waals surface area contributed by atoms with Crippen molar-refractivity contribution >= 4 is 17.3 Å². The number of aromatic nitrogens is 1. The van der Waals surface area contributed by atoms with E-state index in [0.29, 0.717) is 11.7 Å². The van der Waals surface area contributed by atoms with Crippen molar-refractivity contribution in [3.63, 3.8) is 0 Å². The predicted octanol–water partition coefficient (Wildman–Crippen LogP) is 4.57. The molecule has 4 heteroatoms. The number of hydrogen-bond donors (Lipinski definition) is 0. The number of likely N-dealkylation sites (tertiary alicyclic amines) is 1. The molecule has 26 heavy (non-hydrogen) atoms. The molecule has 1 aromatic heterocycles. The van der Waals surface area contributed by atoms with Crippen LogP contribution in [0.4, 0.5) is 11.4 Å². The second kappa shape index (κ2) is 7.48. The Hall–Kier alpha value is -2.36. The minimum atomic E-state index is 0.0868. The number of carbonyl (C=O) groups excluding carboxylic acids is 1. The normalized spacial score (nSPS) is 20.0. The second-order valence-electron chi connectivity index (χ2n) is 7.34. The van der Waals surface area contributed by atoms with Crippen LogP contribution >= 0.6 is 0 Å². The van der Waals surface area contributed by atoms with Crippen LogP contribution in [0.2, 0.25) is 0 Å². The lowest BCUT2D eigenvalue weighted by molar-refractivity contribution is 0.0602. The van der Waals surface area contributed by atoms with Crippen molar-refractivity contribution in [2.45, 2.75) is 51.5 Å². The first-order chi connectivity index (χ1) is 12.8. The van der Waals surface area contributed by atoms with Gasteiger partial charge in [-0.15, -0.1) is 0 Å². The zero-order valence-electron chi connectivity index (χ0n) is 15.5. The molecule has 1 aromatic carbocycles. The zero-order valence-corrected chi connectivity index (χ0v) is 15.5. The maximum absolute atomic E-state index is 13.1. The number of aryl methyl sites for hydroxylation is 1. The molecule has 4 nitrogen and oxygen atoms in total. The third-order valence-corrected chi connectivity index (χ3v) is 5.74. The van der Waals surface area contributed by atoms with Gasteiger partial charge in [-0.3, -0.25) is 9.78 Å². The lowest BCUT2D eigenvalue weighted by Crippen LogP contribution is -2.43. The van der Waals surface area contributed by atoms with Gasteiger partial charge in [0.05, 0.1) is 0 Å². The molecule has 0 saturated carbocycles. The highest BCUT2D eigenvalue weighted by atomic mass is 16.2. The molecule has 3 heterocycles. The fourth-order valence-electron chi connectivity index (χ4n) is 4.35. The van der Waals surface area contributed by atoms with Crippen LogP contribution < -0.4 is 4.90 Å². The molecule has 1 atom stereocenters. The van der Waals surface area contributed by atoms with Gasteiger partial charge in [0.2, 0.25) is 0 Å². The van der Waals surface area contributed by atoms with Gasteiger partial charge in [-0.25, -0.2) is 0 Å². The number of pyridine rings is 1. The van der Waals surface area contributed by atoms with Gasteiger partial charge in [0.25, 0.3) is 5.91 Å². The van der Waals surface area contributed by atoms with Crippen LogP contribution in [-0.4, -0.2) is 34.9 Å². The molecule has 0 bridgehead atoms. The molecule has 0 spiro atoms. The highest BCUT2D eigenvalue weighted by molar-refractivity contribution is 5.93. The van der Waals surface area contributed by atoms with Crippen LogP contribution in [0.5, 0.6) is 0 Å². The molecule has 1 amide bonds. The first-order valence-corrected chi connectivity index (χ1v) is 9.90. The van der Waals surface area contributed by atoms with E-state index in [0.717, 1.165) is 50.9 Å². The van der Waals surface area contributed by atoms with Gasteiger partial charge in [0.15, 0.2) is 0 Å². The number of amides is 1. The predicted molar refractivity (Wildman–Crippen MR) is 105 cm³/mol. The quantitative estimate of drug-likeness (QED) is 0.814. The summed E-state index contributed by atoms with van der Waals surface area (Å²) in [5.74, 6) is 0.0868. The molecule has 1 unspecified atom stereocenters. The standard InChI is InChI=1S/C22H27N3O/c1-2-18-10-5-6-14-25(18)22(26)20-16-19(12-13-23-20)24-15-7-9-17-8-3-4-11-21(17)24/h3-4,8,11-13,16,18H,2,5-7,9-10,14-15H2,1H3. The van der Waals surface area contributed by atoms with E-state index in [-0.39, 0.29) is 5.91 Å². The average molecular weight is 349 g/mol. The van der Waals surface area contributed by atoms with Gasteiger partial charge in [-0.1, -0.05) is 25.1 Å². The number of anilines is 2. The van der Waals surface area contributed by atoms with E-state index in [4.69, 9.17) is 0 Å². The summed E-state index contributed by atoms with van der Waals surface area (Å²) in [5, 5.41) is 0. The minimum absolute atomic E-state index is 0.0868. The van der Waals surface area contributed by atoms with Crippen molar-refractivity contribution in [1.82, 2.24) is 9.88 Å². The largest absolute Gasteiger partial charge is 0.341 e.